The smallest absolute Gasteiger partial charge is 0.0973 e. The van der Waals surface area contributed by atoms with E-state index in [1.807, 2.05) is 30.5 Å². The molecule has 7 aromatic carbocycles. The molecule has 0 bridgehead atoms. The summed E-state index contributed by atoms with van der Waals surface area (Å²) in [5.74, 6) is 0. The molecule has 0 aliphatic rings. The van der Waals surface area contributed by atoms with Crippen LogP contribution in [0.3, 0.4) is 0 Å². The van der Waals surface area contributed by atoms with Crippen LogP contribution in [0.25, 0.3) is 98.7 Å². The predicted molar refractivity (Wildman–Crippen MR) is 211 cm³/mol. The highest BCUT2D eigenvalue weighted by atomic mass is 14.8. The lowest BCUT2D eigenvalue weighted by Gasteiger charge is -2.23. The van der Waals surface area contributed by atoms with Gasteiger partial charge < -0.3 is 0 Å². The summed E-state index contributed by atoms with van der Waals surface area (Å²) >= 11 is 0. The first-order valence-corrected chi connectivity index (χ1v) is 17.3. The summed E-state index contributed by atoms with van der Waals surface area (Å²) in [4.78, 5) is 15.1. The molecule has 0 saturated carbocycles. The summed E-state index contributed by atoms with van der Waals surface area (Å²) in [5.41, 5.74) is 9.33. The van der Waals surface area contributed by atoms with Gasteiger partial charge in [-0.1, -0.05) is 124 Å². The van der Waals surface area contributed by atoms with Gasteiger partial charge in [-0.25, -0.2) is 9.97 Å². The highest BCUT2D eigenvalue weighted by molar-refractivity contribution is 6.28. The van der Waals surface area contributed by atoms with Crippen LogP contribution in [0.4, 0.5) is 0 Å². The largest absolute Gasteiger partial charge is 0.255 e. The Labute approximate surface area is 290 Å². The van der Waals surface area contributed by atoms with Crippen molar-refractivity contribution < 1.29 is 0 Å². The molecule has 0 amide bonds. The first-order chi connectivity index (χ1) is 24.4. The highest BCUT2D eigenvalue weighted by Gasteiger charge is 2.21. The normalized spacial score (nSPS) is 12.3. The number of hydrogen-bond acceptors (Lipinski definition) is 3. The third kappa shape index (κ3) is 4.47. The fraction of sp³-hybridized carbons (Fsp3) is 0.0851. The van der Waals surface area contributed by atoms with Crippen molar-refractivity contribution in [1.29, 1.82) is 0 Å². The van der Waals surface area contributed by atoms with Gasteiger partial charge in [0, 0.05) is 22.5 Å². The molecule has 0 atom stereocenters. The van der Waals surface area contributed by atoms with Crippen molar-refractivity contribution in [2.24, 2.45) is 0 Å². The van der Waals surface area contributed by atoms with E-state index < -0.39 is 0 Å². The Kier molecular flexibility index (Phi) is 6.13. The van der Waals surface area contributed by atoms with Crippen molar-refractivity contribution in [2.75, 3.05) is 0 Å². The fourth-order valence-corrected chi connectivity index (χ4v) is 7.73. The van der Waals surface area contributed by atoms with E-state index in [1.165, 1.54) is 59.8 Å². The van der Waals surface area contributed by atoms with Crippen molar-refractivity contribution in [3.8, 4) is 33.8 Å². The minimum atomic E-state index is 0.0497. The Hall–Kier alpha value is -6.19. The van der Waals surface area contributed by atoms with Gasteiger partial charge >= 0.3 is 0 Å². The topological polar surface area (TPSA) is 38.7 Å². The number of rotatable bonds is 3. The summed E-state index contributed by atoms with van der Waals surface area (Å²) in [7, 11) is 0. The fourth-order valence-electron chi connectivity index (χ4n) is 7.73. The molecule has 0 fully saturated rings. The molecule has 0 saturated heterocycles. The van der Waals surface area contributed by atoms with E-state index in [9.17, 15) is 0 Å². The minimum Gasteiger partial charge on any atom is -0.255 e. The summed E-state index contributed by atoms with van der Waals surface area (Å²) < 4.78 is 0. The van der Waals surface area contributed by atoms with E-state index in [4.69, 9.17) is 9.97 Å². The Morgan fingerprint density at radius 2 is 1.02 bits per heavy atom. The maximum atomic E-state index is 5.44. The first kappa shape index (κ1) is 28.8. The molecule has 10 rings (SSSR count). The Morgan fingerprint density at radius 3 is 1.72 bits per heavy atom. The summed E-state index contributed by atoms with van der Waals surface area (Å²) in [5, 5.41) is 12.2. The van der Waals surface area contributed by atoms with Crippen LogP contribution in [0.2, 0.25) is 0 Å². The molecule has 0 unspecified atom stereocenters. The highest BCUT2D eigenvalue weighted by Crippen LogP contribution is 2.45. The molecule has 3 heterocycles. The maximum absolute atomic E-state index is 5.44. The van der Waals surface area contributed by atoms with Gasteiger partial charge in [0.1, 0.15) is 0 Å². The van der Waals surface area contributed by atoms with Gasteiger partial charge in [-0.2, -0.15) is 0 Å². The van der Waals surface area contributed by atoms with Gasteiger partial charge in [0.25, 0.3) is 0 Å². The summed E-state index contributed by atoms with van der Waals surface area (Å²) in [6, 6.07) is 50.5. The lowest BCUT2D eigenvalue weighted by atomic mass is 9.81. The van der Waals surface area contributed by atoms with Gasteiger partial charge in [0.15, 0.2) is 0 Å². The zero-order valence-electron chi connectivity index (χ0n) is 28.2. The van der Waals surface area contributed by atoms with Crippen LogP contribution in [0.1, 0.15) is 26.3 Å². The molecule has 3 nitrogen and oxygen atoms in total. The second kappa shape index (κ2) is 10.7. The molecular weight excluding hydrogens is 607 g/mol. The monoisotopic (exact) mass is 639 g/mol. The van der Waals surface area contributed by atoms with Crippen molar-refractivity contribution in [3.63, 3.8) is 0 Å². The standard InChI is InChI=1S/C47H33N3/c1-47(2,3)35-25-33-15-19-36-38(32-14-11-28-8-4-5-9-31(28)24-32)27-39(37-20-16-34(26-35)43(33)44(36)37)40-21-17-29-12-13-30-18-22-42(41-10-6-7-23-48-41)50-46(30)45(29)49-40/h4-27H,1-3H3. The van der Waals surface area contributed by atoms with E-state index in [2.05, 4.69) is 141 Å². The van der Waals surface area contributed by atoms with E-state index >= 15 is 0 Å². The van der Waals surface area contributed by atoms with Gasteiger partial charge in [-0.15, -0.1) is 0 Å². The zero-order valence-corrected chi connectivity index (χ0v) is 28.2. The Balaban J connectivity index is 1.28. The molecule has 3 heteroatoms. The molecule has 0 spiro atoms. The molecule has 0 radical (unpaired) electrons. The lowest BCUT2D eigenvalue weighted by molar-refractivity contribution is 0.591. The second-order valence-corrected chi connectivity index (χ2v) is 14.5. The molecule has 10 aromatic rings. The van der Waals surface area contributed by atoms with Crippen LogP contribution in [0, 0.1) is 0 Å². The van der Waals surface area contributed by atoms with Gasteiger partial charge in [-0.3, -0.25) is 4.98 Å². The number of aromatic nitrogens is 3. The van der Waals surface area contributed by atoms with Crippen LogP contribution in [-0.2, 0) is 5.41 Å². The van der Waals surface area contributed by atoms with E-state index in [-0.39, 0.29) is 5.41 Å². The van der Waals surface area contributed by atoms with Crippen molar-refractivity contribution in [1.82, 2.24) is 15.0 Å². The molecule has 0 aliphatic carbocycles. The first-order valence-electron chi connectivity index (χ1n) is 17.3. The lowest BCUT2D eigenvalue weighted by Crippen LogP contribution is -2.10. The van der Waals surface area contributed by atoms with Crippen molar-refractivity contribution in [2.45, 2.75) is 26.2 Å². The average Bonchev–Trinajstić information content (AvgIpc) is 3.16. The third-order valence-electron chi connectivity index (χ3n) is 10.4. The van der Waals surface area contributed by atoms with Gasteiger partial charge in [-0.05, 0) is 102 Å². The number of hydrogen-bond donors (Lipinski definition) is 0. The van der Waals surface area contributed by atoms with Crippen LogP contribution in [0.5, 0.6) is 0 Å². The number of benzene rings is 7. The van der Waals surface area contributed by atoms with Gasteiger partial charge in [0.2, 0.25) is 0 Å². The number of nitrogens with zero attached hydrogens (tertiary/aromatic N) is 3. The second-order valence-electron chi connectivity index (χ2n) is 14.5. The summed E-state index contributed by atoms with van der Waals surface area (Å²) in [6.45, 7) is 6.87. The average molecular weight is 640 g/mol. The molecule has 0 aliphatic heterocycles. The zero-order chi connectivity index (χ0) is 33.6. The van der Waals surface area contributed by atoms with Gasteiger partial charge in [0.05, 0.1) is 28.1 Å². The quantitative estimate of drug-likeness (QED) is 0.181. The molecular formula is C47H33N3. The molecule has 3 aromatic heterocycles. The van der Waals surface area contributed by atoms with Crippen LogP contribution < -0.4 is 0 Å². The SMILES string of the molecule is CC(C)(C)c1cc2ccc3c(-c4ccc5ccccc5c4)cc(-c4ccc5ccc6ccc(-c7ccccn7)nc6c5n4)c4ccc(c1)c2c34. The van der Waals surface area contributed by atoms with Crippen LogP contribution in [-0.4, -0.2) is 15.0 Å². The van der Waals surface area contributed by atoms with Crippen LogP contribution >= 0.6 is 0 Å². The van der Waals surface area contributed by atoms with E-state index in [0.29, 0.717) is 0 Å². The predicted octanol–water partition coefficient (Wildman–Crippen LogP) is 12.5. The van der Waals surface area contributed by atoms with Crippen molar-refractivity contribution >= 4 is 64.9 Å². The Bertz CT molecular complexity index is 2940. The number of pyridine rings is 3. The number of fused-ring (bicyclic) bond motifs is 4. The maximum Gasteiger partial charge on any atom is 0.0973 e. The van der Waals surface area contributed by atoms with Crippen molar-refractivity contribution in [3.05, 3.63) is 151 Å². The third-order valence-corrected chi connectivity index (χ3v) is 10.4. The van der Waals surface area contributed by atoms with Crippen LogP contribution in [0.15, 0.2) is 146 Å². The van der Waals surface area contributed by atoms with E-state index in [1.54, 1.807) is 0 Å². The summed E-state index contributed by atoms with van der Waals surface area (Å²) in [6.07, 6.45) is 1.81. The van der Waals surface area contributed by atoms with E-state index in [0.717, 1.165) is 44.5 Å². The minimum absolute atomic E-state index is 0.0497. The Morgan fingerprint density at radius 1 is 0.420 bits per heavy atom. The molecule has 50 heavy (non-hydrogen) atoms. The molecule has 0 N–H and O–H groups in total. The molecule has 236 valence electrons.